The first-order valence-electron chi connectivity index (χ1n) is 5.98. The summed E-state index contributed by atoms with van der Waals surface area (Å²) in [5.74, 6) is -0.632. The first-order valence-corrected chi connectivity index (χ1v) is 5.98. The van der Waals surface area contributed by atoms with Gasteiger partial charge in [-0.05, 0) is 38.8 Å². The van der Waals surface area contributed by atoms with Gasteiger partial charge in [0.1, 0.15) is 6.07 Å². The number of pyridine rings is 1. The molecular weight excluding hydrogens is 242 g/mol. The molecule has 19 heavy (non-hydrogen) atoms. The van der Waals surface area contributed by atoms with E-state index in [4.69, 9.17) is 10.00 Å². The first kappa shape index (κ1) is 14.7. The molecule has 0 unspecified atom stereocenters. The van der Waals surface area contributed by atoms with Crippen LogP contribution in [0.15, 0.2) is 18.0 Å². The second-order valence-electron chi connectivity index (χ2n) is 4.04. The molecule has 0 spiro atoms. The second kappa shape index (κ2) is 6.55. The summed E-state index contributed by atoms with van der Waals surface area (Å²) in [6.07, 6.45) is 3.02. The van der Waals surface area contributed by atoms with Crippen molar-refractivity contribution in [1.29, 1.82) is 5.26 Å². The number of carbonyl (C=O) groups is 1. The van der Waals surface area contributed by atoms with Crippen molar-refractivity contribution < 1.29 is 9.53 Å². The molecule has 1 rings (SSSR count). The van der Waals surface area contributed by atoms with Gasteiger partial charge in [-0.15, -0.1) is 0 Å². The molecule has 0 radical (unpaired) electrons. The Bertz CT molecular complexity index is 557. The molecular formula is C14H17N3O2. The number of hydrogen-bond acceptors (Lipinski definition) is 5. The molecule has 0 saturated carbocycles. The van der Waals surface area contributed by atoms with Crippen molar-refractivity contribution in [3.05, 3.63) is 34.8 Å². The highest BCUT2D eigenvalue weighted by Gasteiger charge is 2.10. The predicted octanol–water partition coefficient (Wildman–Crippen LogP) is 2.39. The molecule has 0 aliphatic carbocycles. The number of rotatable bonds is 4. The van der Waals surface area contributed by atoms with Crippen molar-refractivity contribution >= 4 is 11.7 Å². The van der Waals surface area contributed by atoms with Crippen LogP contribution in [0.25, 0.3) is 0 Å². The van der Waals surface area contributed by atoms with Crippen LogP contribution < -0.4 is 5.32 Å². The van der Waals surface area contributed by atoms with E-state index in [0.29, 0.717) is 0 Å². The second-order valence-corrected chi connectivity index (χ2v) is 4.04. The van der Waals surface area contributed by atoms with Gasteiger partial charge in [0.05, 0.1) is 18.5 Å². The van der Waals surface area contributed by atoms with Gasteiger partial charge in [0.15, 0.2) is 5.57 Å². The molecule has 0 bridgehead atoms. The normalized spacial score (nSPS) is 10.8. The summed E-state index contributed by atoms with van der Waals surface area (Å²) in [5.41, 5.74) is 3.76. The van der Waals surface area contributed by atoms with E-state index in [2.05, 4.69) is 10.3 Å². The summed E-state index contributed by atoms with van der Waals surface area (Å²) in [5, 5.41) is 11.8. The minimum absolute atomic E-state index is 0.0699. The maximum absolute atomic E-state index is 11.4. The van der Waals surface area contributed by atoms with Gasteiger partial charge in [0, 0.05) is 11.9 Å². The van der Waals surface area contributed by atoms with E-state index in [0.717, 1.165) is 22.5 Å². The number of ether oxygens (including phenoxy) is 1. The first-order chi connectivity index (χ1) is 9.01. The van der Waals surface area contributed by atoms with Crippen molar-refractivity contribution in [3.63, 3.8) is 0 Å². The van der Waals surface area contributed by atoms with Crippen LogP contribution in [0.4, 0.5) is 5.69 Å². The van der Waals surface area contributed by atoms with Gasteiger partial charge in [-0.25, -0.2) is 4.79 Å². The Labute approximate surface area is 112 Å². The number of esters is 1. The summed E-state index contributed by atoms with van der Waals surface area (Å²) >= 11 is 0. The number of aryl methyl sites for hydroxylation is 1. The predicted molar refractivity (Wildman–Crippen MR) is 72.4 cm³/mol. The average molecular weight is 259 g/mol. The van der Waals surface area contributed by atoms with Crippen molar-refractivity contribution in [1.82, 2.24) is 4.98 Å². The largest absolute Gasteiger partial charge is 0.462 e. The van der Waals surface area contributed by atoms with Gasteiger partial charge in [0.25, 0.3) is 0 Å². The van der Waals surface area contributed by atoms with Crippen molar-refractivity contribution in [2.75, 3.05) is 11.9 Å². The number of nitrogens with zero attached hydrogens (tertiary/aromatic N) is 2. The van der Waals surface area contributed by atoms with Gasteiger partial charge in [0.2, 0.25) is 0 Å². The zero-order valence-corrected chi connectivity index (χ0v) is 11.6. The standard InChI is InChI=1S/C14H17N3O2/c1-5-19-14(18)12(6-15)7-17-13-8-16-11(4)9(2)10(13)3/h7-8,17H,5H2,1-4H3/b12-7-. The molecule has 0 amide bonds. The highest BCUT2D eigenvalue weighted by atomic mass is 16.5. The minimum Gasteiger partial charge on any atom is -0.462 e. The number of aromatic nitrogens is 1. The van der Waals surface area contributed by atoms with E-state index < -0.39 is 5.97 Å². The maximum Gasteiger partial charge on any atom is 0.350 e. The number of anilines is 1. The van der Waals surface area contributed by atoms with Gasteiger partial charge >= 0.3 is 5.97 Å². The van der Waals surface area contributed by atoms with Crippen LogP contribution in [0.3, 0.4) is 0 Å². The van der Waals surface area contributed by atoms with Crippen LogP contribution in [0.5, 0.6) is 0 Å². The monoisotopic (exact) mass is 259 g/mol. The van der Waals surface area contributed by atoms with Crippen LogP contribution in [-0.2, 0) is 9.53 Å². The molecule has 0 aliphatic heterocycles. The number of hydrogen-bond donors (Lipinski definition) is 1. The fourth-order valence-electron chi connectivity index (χ4n) is 1.47. The third kappa shape index (κ3) is 3.55. The van der Waals surface area contributed by atoms with Crippen LogP contribution in [0.1, 0.15) is 23.7 Å². The van der Waals surface area contributed by atoms with Crippen LogP contribution in [0.2, 0.25) is 0 Å². The molecule has 5 heteroatoms. The summed E-state index contributed by atoms with van der Waals surface area (Å²) in [6.45, 7) is 7.79. The molecule has 100 valence electrons. The van der Waals surface area contributed by atoms with E-state index in [9.17, 15) is 4.79 Å². The average Bonchev–Trinajstić information content (AvgIpc) is 2.39. The number of nitriles is 1. The topological polar surface area (TPSA) is 75.0 Å². The lowest BCUT2D eigenvalue weighted by atomic mass is 10.1. The molecule has 1 N–H and O–H groups in total. The summed E-state index contributed by atoms with van der Waals surface area (Å²) in [7, 11) is 0. The Balaban J connectivity index is 2.94. The Morgan fingerprint density at radius 2 is 2.16 bits per heavy atom. The summed E-state index contributed by atoms with van der Waals surface area (Å²) in [4.78, 5) is 15.7. The molecule has 0 aliphatic rings. The fourth-order valence-corrected chi connectivity index (χ4v) is 1.47. The van der Waals surface area contributed by atoms with Gasteiger partial charge in [-0.3, -0.25) is 4.98 Å². The Hall–Kier alpha value is -2.35. The van der Waals surface area contributed by atoms with Gasteiger partial charge < -0.3 is 10.1 Å². The molecule has 1 aromatic heterocycles. The number of nitrogens with one attached hydrogen (secondary N) is 1. The minimum atomic E-state index is -0.632. The zero-order valence-electron chi connectivity index (χ0n) is 11.6. The molecule has 0 atom stereocenters. The van der Waals surface area contributed by atoms with Crippen LogP contribution in [-0.4, -0.2) is 17.6 Å². The third-order valence-electron chi connectivity index (χ3n) is 2.88. The summed E-state index contributed by atoms with van der Waals surface area (Å²) < 4.78 is 4.77. The van der Waals surface area contributed by atoms with E-state index in [1.807, 2.05) is 20.8 Å². The Morgan fingerprint density at radius 1 is 1.47 bits per heavy atom. The van der Waals surface area contributed by atoms with Crippen molar-refractivity contribution in [2.24, 2.45) is 0 Å². The molecule has 1 aromatic rings. The quantitative estimate of drug-likeness (QED) is 0.510. The zero-order chi connectivity index (χ0) is 14.4. The van der Waals surface area contributed by atoms with E-state index in [1.54, 1.807) is 19.2 Å². The molecule has 0 aromatic carbocycles. The highest BCUT2D eigenvalue weighted by Crippen LogP contribution is 2.19. The fraction of sp³-hybridized carbons (Fsp3) is 0.357. The van der Waals surface area contributed by atoms with Crippen molar-refractivity contribution in [2.45, 2.75) is 27.7 Å². The van der Waals surface area contributed by atoms with Gasteiger partial charge in [-0.2, -0.15) is 5.26 Å². The molecule has 0 saturated heterocycles. The van der Waals surface area contributed by atoms with Crippen molar-refractivity contribution in [3.8, 4) is 6.07 Å². The van der Waals surface area contributed by atoms with Crippen LogP contribution in [0, 0.1) is 32.1 Å². The smallest absolute Gasteiger partial charge is 0.350 e. The lowest BCUT2D eigenvalue weighted by molar-refractivity contribution is -0.138. The molecule has 0 fully saturated rings. The highest BCUT2D eigenvalue weighted by molar-refractivity contribution is 5.93. The lowest BCUT2D eigenvalue weighted by Crippen LogP contribution is -2.08. The third-order valence-corrected chi connectivity index (χ3v) is 2.88. The van der Waals surface area contributed by atoms with Crippen LogP contribution >= 0.6 is 0 Å². The number of carbonyl (C=O) groups excluding carboxylic acids is 1. The molecule has 5 nitrogen and oxygen atoms in total. The Kier molecular flexibility index (Phi) is 5.07. The van der Waals surface area contributed by atoms with E-state index in [1.165, 1.54) is 6.20 Å². The Morgan fingerprint density at radius 3 is 2.74 bits per heavy atom. The van der Waals surface area contributed by atoms with Gasteiger partial charge in [-0.1, -0.05) is 0 Å². The SMILES string of the molecule is CCOC(=O)/C(C#N)=C\Nc1cnc(C)c(C)c1C. The van der Waals surface area contributed by atoms with E-state index in [-0.39, 0.29) is 12.2 Å². The lowest BCUT2D eigenvalue weighted by Gasteiger charge is -2.10. The molecule has 1 heterocycles. The summed E-state index contributed by atoms with van der Waals surface area (Å²) in [6, 6.07) is 1.81. The van der Waals surface area contributed by atoms with E-state index >= 15 is 0 Å². The maximum atomic E-state index is 11.4.